The predicted molar refractivity (Wildman–Crippen MR) is 76.5 cm³/mol. The van der Waals surface area contributed by atoms with Gasteiger partial charge >= 0.3 is 0 Å². The lowest BCUT2D eigenvalue weighted by Crippen LogP contribution is -2.50. The lowest BCUT2D eigenvalue weighted by atomic mass is 9.65. The van der Waals surface area contributed by atoms with E-state index in [-0.39, 0.29) is 5.92 Å². The van der Waals surface area contributed by atoms with Gasteiger partial charge < -0.3 is 10.6 Å². The van der Waals surface area contributed by atoms with Gasteiger partial charge in [0.2, 0.25) is 5.91 Å². The van der Waals surface area contributed by atoms with E-state index in [4.69, 9.17) is 5.73 Å². The van der Waals surface area contributed by atoms with Gasteiger partial charge in [-0.1, -0.05) is 12.5 Å². The monoisotopic (exact) mass is 262 g/mol. The fraction of sp³-hybridized carbons (Fsp3) is 0.812. The van der Waals surface area contributed by atoms with Crippen molar-refractivity contribution in [3.05, 3.63) is 12.7 Å². The van der Waals surface area contributed by atoms with Crippen LogP contribution in [-0.4, -0.2) is 29.4 Å². The number of nitrogens with zero attached hydrogens (tertiary/aromatic N) is 1. The second kappa shape index (κ2) is 5.28. The molecular formula is C16H26N2O. The molecule has 0 saturated heterocycles. The van der Waals surface area contributed by atoms with Gasteiger partial charge in [0, 0.05) is 24.5 Å². The van der Waals surface area contributed by atoms with Crippen LogP contribution in [0.1, 0.15) is 44.9 Å². The van der Waals surface area contributed by atoms with E-state index in [1.54, 1.807) is 0 Å². The van der Waals surface area contributed by atoms with Crippen molar-refractivity contribution in [1.82, 2.24) is 4.90 Å². The summed E-state index contributed by atoms with van der Waals surface area (Å²) in [6, 6.07) is 0.854. The molecule has 0 aromatic carbocycles. The molecule has 3 saturated carbocycles. The van der Waals surface area contributed by atoms with E-state index < -0.39 is 0 Å². The summed E-state index contributed by atoms with van der Waals surface area (Å²) in [5, 5.41) is 0. The maximum atomic E-state index is 12.7. The van der Waals surface area contributed by atoms with Crippen LogP contribution in [0.4, 0.5) is 0 Å². The minimum absolute atomic E-state index is 0.232. The SMILES string of the molecule is C=CCN(C(=O)C1CC2CCCC(C1)C2N)C1CC1. The van der Waals surface area contributed by atoms with Crippen LogP contribution >= 0.6 is 0 Å². The molecule has 0 heterocycles. The Kier molecular flexibility index (Phi) is 3.66. The Labute approximate surface area is 116 Å². The van der Waals surface area contributed by atoms with Crippen molar-refractivity contribution in [2.45, 2.75) is 57.0 Å². The van der Waals surface area contributed by atoms with Gasteiger partial charge in [0.05, 0.1) is 0 Å². The summed E-state index contributed by atoms with van der Waals surface area (Å²) in [7, 11) is 0. The quantitative estimate of drug-likeness (QED) is 0.790. The largest absolute Gasteiger partial charge is 0.336 e. The summed E-state index contributed by atoms with van der Waals surface area (Å²) < 4.78 is 0. The Bertz CT molecular complexity index is 350. The van der Waals surface area contributed by atoms with Gasteiger partial charge in [-0.05, 0) is 50.4 Å². The van der Waals surface area contributed by atoms with Gasteiger partial charge in [-0.25, -0.2) is 0 Å². The third-order valence-electron chi connectivity index (χ3n) is 5.36. The predicted octanol–water partition coefficient (Wildman–Crippen LogP) is 2.32. The Morgan fingerprint density at radius 1 is 1.21 bits per heavy atom. The van der Waals surface area contributed by atoms with E-state index in [0.717, 1.165) is 19.4 Å². The fourth-order valence-electron chi connectivity index (χ4n) is 4.17. The van der Waals surface area contributed by atoms with Crippen LogP contribution in [0.3, 0.4) is 0 Å². The number of hydrogen-bond donors (Lipinski definition) is 1. The van der Waals surface area contributed by atoms with Gasteiger partial charge in [0.15, 0.2) is 0 Å². The number of hydrogen-bond acceptors (Lipinski definition) is 2. The lowest BCUT2D eigenvalue weighted by Gasteiger charge is -2.44. The molecule has 3 fully saturated rings. The molecule has 2 unspecified atom stereocenters. The number of carbonyl (C=O) groups excluding carboxylic acids is 1. The van der Waals surface area contributed by atoms with Crippen molar-refractivity contribution in [2.24, 2.45) is 23.5 Å². The molecule has 19 heavy (non-hydrogen) atoms. The molecule has 3 aliphatic rings. The summed E-state index contributed by atoms with van der Waals surface area (Å²) in [4.78, 5) is 14.8. The van der Waals surface area contributed by atoms with Crippen LogP contribution in [0.15, 0.2) is 12.7 Å². The average Bonchev–Trinajstić information content (AvgIpc) is 3.19. The first-order valence-corrected chi connectivity index (χ1v) is 7.87. The number of carbonyl (C=O) groups is 1. The number of amides is 1. The smallest absolute Gasteiger partial charge is 0.226 e. The molecule has 3 aliphatic carbocycles. The van der Waals surface area contributed by atoms with Crippen LogP contribution in [0.5, 0.6) is 0 Å². The Morgan fingerprint density at radius 2 is 1.84 bits per heavy atom. The number of fused-ring (bicyclic) bond motifs is 2. The van der Waals surface area contributed by atoms with Crippen molar-refractivity contribution in [2.75, 3.05) is 6.54 Å². The van der Waals surface area contributed by atoms with Crippen molar-refractivity contribution in [3.8, 4) is 0 Å². The number of rotatable bonds is 4. The van der Waals surface area contributed by atoms with Crippen molar-refractivity contribution in [3.63, 3.8) is 0 Å². The molecule has 2 bridgehead atoms. The minimum atomic E-state index is 0.232. The second-order valence-corrected chi connectivity index (χ2v) is 6.71. The van der Waals surface area contributed by atoms with E-state index in [1.807, 2.05) is 6.08 Å². The highest BCUT2D eigenvalue weighted by molar-refractivity contribution is 5.80. The molecule has 2 atom stereocenters. The van der Waals surface area contributed by atoms with E-state index in [9.17, 15) is 4.79 Å². The maximum absolute atomic E-state index is 12.7. The van der Waals surface area contributed by atoms with E-state index in [0.29, 0.717) is 29.8 Å². The molecule has 0 spiro atoms. The van der Waals surface area contributed by atoms with Gasteiger partial charge in [-0.15, -0.1) is 6.58 Å². The molecule has 106 valence electrons. The van der Waals surface area contributed by atoms with Gasteiger partial charge in [0.1, 0.15) is 0 Å². The molecule has 2 N–H and O–H groups in total. The Balaban J connectivity index is 1.68. The second-order valence-electron chi connectivity index (χ2n) is 6.71. The molecule has 3 heteroatoms. The molecule has 3 rings (SSSR count). The van der Waals surface area contributed by atoms with E-state index in [2.05, 4.69) is 11.5 Å². The van der Waals surface area contributed by atoms with Crippen LogP contribution in [0.25, 0.3) is 0 Å². The first-order valence-electron chi connectivity index (χ1n) is 7.87. The minimum Gasteiger partial charge on any atom is -0.336 e. The summed E-state index contributed by atoms with van der Waals surface area (Å²) >= 11 is 0. The maximum Gasteiger partial charge on any atom is 0.226 e. The van der Waals surface area contributed by atoms with E-state index >= 15 is 0 Å². The Morgan fingerprint density at radius 3 is 2.37 bits per heavy atom. The third kappa shape index (κ3) is 2.58. The molecule has 0 aliphatic heterocycles. The molecular weight excluding hydrogens is 236 g/mol. The van der Waals surface area contributed by atoms with Crippen LogP contribution < -0.4 is 5.73 Å². The zero-order chi connectivity index (χ0) is 13.4. The van der Waals surface area contributed by atoms with E-state index in [1.165, 1.54) is 32.1 Å². The zero-order valence-electron chi connectivity index (χ0n) is 11.8. The van der Waals surface area contributed by atoms with Crippen LogP contribution in [0.2, 0.25) is 0 Å². The molecule has 0 aromatic heterocycles. The normalized spacial score (nSPS) is 37.7. The standard InChI is InChI=1S/C16H26N2O/c1-2-8-18(14-6-7-14)16(19)13-9-11-4-3-5-12(10-13)15(11)17/h2,11-15H,1,3-10,17H2. The topological polar surface area (TPSA) is 46.3 Å². The molecule has 3 nitrogen and oxygen atoms in total. The highest BCUT2D eigenvalue weighted by atomic mass is 16.2. The highest BCUT2D eigenvalue weighted by Crippen LogP contribution is 2.43. The van der Waals surface area contributed by atoms with Crippen LogP contribution in [0, 0.1) is 17.8 Å². The first kappa shape index (κ1) is 13.2. The first-order chi connectivity index (χ1) is 9.20. The highest BCUT2D eigenvalue weighted by Gasteiger charge is 2.43. The van der Waals surface area contributed by atoms with Crippen LogP contribution in [-0.2, 0) is 4.79 Å². The molecule has 0 aromatic rings. The average molecular weight is 262 g/mol. The summed E-state index contributed by atoms with van der Waals surface area (Å²) in [6.07, 6.45) is 10.0. The number of nitrogens with two attached hydrogens (primary N) is 1. The summed E-state index contributed by atoms with van der Waals surface area (Å²) in [6.45, 7) is 4.52. The molecule has 1 amide bonds. The van der Waals surface area contributed by atoms with Gasteiger partial charge in [-0.3, -0.25) is 4.79 Å². The summed E-state index contributed by atoms with van der Waals surface area (Å²) in [5.74, 6) is 1.79. The molecule has 0 radical (unpaired) electrons. The van der Waals surface area contributed by atoms with Gasteiger partial charge in [0.25, 0.3) is 0 Å². The third-order valence-corrected chi connectivity index (χ3v) is 5.36. The van der Waals surface area contributed by atoms with Crippen molar-refractivity contribution in [1.29, 1.82) is 0 Å². The van der Waals surface area contributed by atoms with Crippen molar-refractivity contribution < 1.29 is 4.79 Å². The van der Waals surface area contributed by atoms with Gasteiger partial charge in [-0.2, -0.15) is 0 Å². The fourth-order valence-corrected chi connectivity index (χ4v) is 4.17. The Hall–Kier alpha value is -0.830. The summed E-state index contributed by atoms with van der Waals surface area (Å²) in [5.41, 5.74) is 6.31. The zero-order valence-corrected chi connectivity index (χ0v) is 11.8. The van der Waals surface area contributed by atoms with Crippen molar-refractivity contribution >= 4 is 5.91 Å². The lowest BCUT2D eigenvalue weighted by molar-refractivity contribution is -0.138.